The first-order chi connectivity index (χ1) is 24.9. The first kappa shape index (κ1) is 48.9. The summed E-state index contributed by atoms with van der Waals surface area (Å²) in [5.41, 5.74) is 0. The van der Waals surface area contributed by atoms with Gasteiger partial charge in [0.15, 0.2) is 6.10 Å². The maximum atomic E-state index is 12.7. The van der Waals surface area contributed by atoms with Gasteiger partial charge in [-0.3, -0.25) is 18.6 Å². The van der Waals surface area contributed by atoms with Gasteiger partial charge in [0.25, 0.3) is 0 Å². The van der Waals surface area contributed by atoms with E-state index in [1.54, 1.807) is 0 Å². The molecule has 1 aliphatic carbocycles. The van der Waals surface area contributed by atoms with Gasteiger partial charge < -0.3 is 39.9 Å². The maximum Gasteiger partial charge on any atom is 0.472 e. The van der Waals surface area contributed by atoms with Gasteiger partial charge in [0.2, 0.25) is 0 Å². The topological polar surface area (TPSA) is 210 Å². The van der Waals surface area contributed by atoms with E-state index in [-0.39, 0.29) is 12.8 Å². The lowest BCUT2D eigenvalue weighted by atomic mass is 9.85. The van der Waals surface area contributed by atoms with Crippen molar-refractivity contribution in [2.24, 2.45) is 0 Å². The van der Waals surface area contributed by atoms with E-state index in [1.807, 2.05) is 0 Å². The Bertz CT molecular complexity index is 938. The Hall–Kier alpha value is -1.15. The molecule has 13 nitrogen and oxygen atoms in total. The lowest BCUT2D eigenvalue weighted by Crippen LogP contribution is -2.64. The summed E-state index contributed by atoms with van der Waals surface area (Å²) >= 11 is 0. The van der Waals surface area contributed by atoms with Crippen molar-refractivity contribution in [3.05, 3.63) is 0 Å². The lowest BCUT2D eigenvalue weighted by Gasteiger charge is -2.41. The van der Waals surface area contributed by atoms with Crippen molar-refractivity contribution in [2.45, 2.75) is 217 Å². The fourth-order valence-electron chi connectivity index (χ4n) is 6.35. The van der Waals surface area contributed by atoms with Gasteiger partial charge in [-0.25, -0.2) is 4.57 Å². The minimum absolute atomic E-state index is 0.102. The van der Waals surface area contributed by atoms with Crippen molar-refractivity contribution in [3.8, 4) is 0 Å². The first-order valence-corrected chi connectivity index (χ1v) is 21.8. The van der Waals surface area contributed by atoms with Crippen molar-refractivity contribution in [2.75, 3.05) is 13.2 Å². The average molecular weight is 769 g/mol. The number of aliphatic hydroxyl groups is 5. The number of carbonyl (C=O) groups excluding carboxylic acids is 2. The van der Waals surface area contributed by atoms with Crippen molar-refractivity contribution in [3.63, 3.8) is 0 Å². The zero-order valence-electron chi connectivity index (χ0n) is 32.1. The molecule has 6 unspecified atom stereocenters. The molecule has 0 spiro atoms. The predicted octanol–water partition coefficient (Wildman–Crippen LogP) is 6.55. The molecule has 0 amide bonds. The predicted molar refractivity (Wildman–Crippen MR) is 198 cm³/mol. The van der Waals surface area contributed by atoms with Crippen LogP contribution in [0.5, 0.6) is 0 Å². The molecule has 0 saturated heterocycles. The smallest absolute Gasteiger partial charge is 0.462 e. The third-order valence-electron chi connectivity index (χ3n) is 9.70. The van der Waals surface area contributed by atoms with Gasteiger partial charge in [-0.05, 0) is 12.8 Å². The second-order valence-electron chi connectivity index (χ2n) is 14.5. The SMILES string of the molecule is CCCCCCCCCCCCCCCCC(=O)OC[C@H](COP(=O)(O)OC1C(O)C(O)C(O)[C@@H](O)C1O)OC(=O)CCCCCCCCCCC. The monoisotopic (exact) mass is 768 g/mol. The van der Waals surface area contributed by atoms with Crippen LogP contribution in [0, 0.1) is 0 Å². The van der Waals surface area contributed by atoms with E-state index in [1.165, 1.54) is 89.9 Å². The molecule has 0 aromatic heterocycles. The molecule has 6 N–H and O–H groups in total. The number of phosphoric ester groups is 1. The van der Waals surface area contributed by atoms with Crippen LogP contribution in [0.15, 0.2) is 0 Å². The second-order valence-corrected chi connectivity index (χ2v) is 15.9. The highest BCUT2D eigenvalue weighted by molar-refractivity contribution is 7.47. The van der Waals surface area contributed by atoms with Crippen molar-refractivity contribution in [1.29, 1.82) is 0 Å². The summed E-state index contributed by atoms with van der Waals surface area (Å²) in [6, 6.07) is 0. The molecule has 0 aliphatic heterocycles. The Morgan fingerprint density at radius 1 is 0.519 bits per heavy atom. The van der Waals surface area contributed by atoms with Crippen LogP contribution >= 0.6 is 7.82 Å². The Balaban J connectivity index is 2.49. The summed E-state index contributed by atoms with van der Waals surface area (Å²) in [7, 11) is -5.10. The maximum absolute atomic E-state index is 12.7. The number of hydrogen-bond acceptors (Lipinski definition) is 12. The van der Waals surface area contributed by atoms with Crippen molar-refractivity contribution >= 4 is 19.8 Å². The summed E-state index contributed by atoms with van der Waals surface area (Å²) in [6.07, 6.45) is 13.3. The van der Waals surface area contributed by atoms with E-state index >= 15 is 0 Å². The van der Waals surface area contributed by atoms with Gasteiger partial charge >= 0.3 is 19.8 Å². The standard InChI is InChI=1S/C38H73O13P/c1-3-5-7-9-11-13-14-15-16-17-19-20-22-24-26-31(39)48-28-30(50-32(40)27-25-23-21-18-12-10-8-6-4-2)29-49-52(46,47)51-38-36(44)34(42)33(41)35(43)37(38)45/h30,33-38,41-45H,3-29H2,1-2H3,(H,46,47)/t30-,33?,34-,35?,36?,37?,38?/m1/s1. The molecule has 8 atom stereocenters. The number of unbranched alkanes of at least 4 members (excludes halogenated alkanes) is 21. The number of hydrogen-bond donors (Lipinski definition) is 6. The lowest BCUT2D eigenvalue weighted by molar-refractivity contribution is -0.220. The van der Waals surface area contributed by atoms with Crippen molar-refractivity contribution in [1.82, 2.24) is 0 Å². The van der Waals surface area contributed by atoms with Gasteiger partial charge in [-0.1, -0.05) is 149 Å². The molecule has 1 saturated carbocycles. The number of esters is 2. The molecule has 1 rings (SSSR count). The molecule has 0 bridgehead atoms. The Morgan fingerprint density at radius 2 is 0.865 bits per heavy atom. The highest BCUT2D eigenvalue weighted by atomic mass is 31.2. The van der Waals surface area contributed by atoms with Crippen molar-refractivity contribution < 1.29 is 63.1 Å². The van der Waals surface area contributed by atoms with E-state index in [4.69, 9.17) is 18.5 Å². The molecule has 0 heterocycles. The highest BCUT2D eigenvalue weighted by Crippen LogP contribution is 2.47. The van der Waals surface area contributed by atoms with Crippen LogP contribution in [0.3, 0.4) is 0 Å². The van der Waals surface area contributed by atoms with Crippen LogP contribution in [0.4, 0.5) is 0 Å². The van der Waals surface area contributed by atoms with Crippen LogP contribution in [-0.4, -0.2) is 98.3 Å². The van der Waals surface area contributed by atoms with E-state index in [9.17, 15) is 44.6 Å². The summed E-state index contributed by atoms with van der Waals surface area (Å²) < 4.78 is 33.3. The largest absolute Gasteiger partial charge is 0.472 e. The van der Waals surface area contributed by atoms with Gasteiger partial charge in [0.05, 0.1) is 6.61 Å². The van der Waals surface area contributed by atoms with Crippen LogP contribution in [0.25, 0.3) is 0 Å². The van der Waals surface area contributed by atoms with Crippen LogP contribution in [0.2, 0.25) is 0 Å². The highest BCUT2D eigenvalue weighted by Gasteiger charge is 2.51. The number of aliphatic hydroxyl groups excluding tert-OH is 5. The number of rotatable bonds is 33. The minimum Gasteiger partial charge on any atom is -0.462 e. The second kappa shape index (κ2) is 30.1. The summed E-state index contributed by atoms with van der Waals surface area (Å²) in [4.78, 5) is 35.4. The quantitative estimate of drug-likeness (QED) is 0.0238. The normalized spacial score (nSPS) is 23.6. The molecule has 308 valence electrons. The van der Waals surface area contributed by atoms with Gasteiger partial charge in [-0.2, -0.15) is 0 Å². The molecule has 0 radical (unpaired) electrons. The van der Waals surface area contributed by atoms with E-state index in [2.05, 4.69) is 13.8 Å². The third-order valence-corrected chi connectivity index (χ3v) is 10.7. The average Bonchev–Trinajstić information content (AvgIpc) is 3.12. The van der Waals surface area contributed by atoms with E-state index in [0.29, 0.717) is 12.8 Å². The van der Waals surface area contributed by atoms with E-state index < -0.39 is 75.7 Å². The van der Waals surface area contributed by atoms with E-state index in [0.717, 1.165) is 44.9 Å². The molecule has 1 fully saturated rings. The number of ether oxygens (including phenoxy) is 2. The Morgan fingerprint density at radius 3 is 1.27 bits per heavy atom. The van der Waals surface area contributed by atoms with Gasteiger partial charge in [-0.15, -0.1) is 0 Å². The van der Waals surface area contributed by atoms with Crippen LogP contribution in [0.1, 0.15) is 174 Å². The summed E-state index contributed by atoms with van der Waals surface area (Å²) in [5, 5.41) is 49.9. The number of carbonyl (C=O) groups is 2. The number of phosphoric acid groups is 1. The molecule has 0 aromatic rings. The molecular weight excluding hydrogens is 695 g/mol. The van der Waals surface area contributed by atoms with Gasteiger partial charge in [0.1, 0.15) is 43.2 Å². The summed E-state index contributed by atoms with van der Waals surface area (Å²) in [5.74, 6) is -1.09. The van der Waals surface area contributed by atoms with Crippen LogP contribution < -0.4 is 0 Å². The summed E-state index contributed by atoms with van der Waals surface area (Å²) in [6.45, 7) is 3.25. The molecular formula is C38H73O13P. The zero-order valence-corrected chi connectivity index (χ0v) is 33.0. The van der Waals surface area contributed by atoms with Crippen LogP contribution in [-0.2, 0) is 32.7 Å². The molecule has 52 heavy (non-hydrogen) atoms. The minimum atomic E-state index is -5.10. The zero-order chi connectivity index (χ0) is 38.6. The third kappa shape index (κ3) is 22.9. The fraction of sp³-hybridized carbons (Fsp3) is 0.947. The molecule has 0 aromatic carbocycles. The van der Waals surface area contributed by atoms with Gasteiger partial charge in [0, 0.05) is 12.8 Å². The molecule has 14 heteroatoms. The fourth-order valence-corrected chi connectivity index (χ4v) is 7.32. The first-order valence-electron chi connectivity index (χ1n) is 20.3. The molecule has 1 aliphatic rings. The Labute approximate surface area is 312 Å². The Kier molecular flexibility index (Phi) is 28.3.